The van der Waals surface area contributed by atoms with Crippen LogP contribution in [0.4, 0.5) is 0 Å². The van der Waals surface area contributed by atoms with Gasteiger partial charge < -0.3 is 10.2 Å². The fraction of sp³-hybridized carbons (Fsp3) is 0.100. The molecule has 14 heavy (non-hydrogen) atoms. The molecular weight excluding hydrogens is 200 g/mol. The lowest BCUT2D eigenvalue weighted by atomic mass is 10.1. The summed E-state index contributed by atoms with van der Waals surface area (Å²) >= 11 is 3.99. The number of phenols is 1. The molecule has 1 aromatic rings. The quantitative estimate of drug-likeness (QED) is 0.669. The van der Waals surface area contributed by atoms with Crippen LogP contribution >= 0.6 is 12.6 Å². The molecule has 74 valence electrons. The van der Waals surface area contributed by atoms with Gasteiger partial charge in [-0.3, -0.25) is 0 Å². The van der Waals surface area contributed by atoms with Gasteiger partial charge in [0.2, 0.25) is 0 Å². The third kappa shape index (κ3) is 2.53. The van der Waals surface area contributed by atoms with Gasteiger partial charge in [-0.25, -0.2) is 4.79 Å². The molecule has 0 unspecified atom stereocenters. The molecule has 0 aliphatic carbocycles. The number of carboxylic acid groups (broad SMARTS) is 1. The van der Waals surface area contributed by atoms with Gasteiger partial charge in [-0.1, -0.05) is 18.2 Å². The molecule has 0 aliphatic heterocycles. The first-order valence-corrected chi connectivity index (χ1v) is 4.62. The Morgan fingerprint density at radius 1 is 1.50 bits per heavy atom. The van der Waals surface area contributed by atoms with E-state index in [-0.39, 0.29) is 11.3 Å². The fourth-order valence-corrected chi connectivity index (χ4v) is 1.13. The molecule has 0 aliphatic rings. The molecule has 0 amide bonds. The van der Waals surface area contributed by atoms with E-state index in [0.29, 0.717) is 5.75 Å². The Morgan fingerprint density at radius 3 is 2.71 bits per heavy atom. The number of carboxylic acids is 1. The minimum absolute atomic E-state index is 0.0898. The molecule has 3 nitrogen and oxygen atoms in total. The second-order valence-electron chi connectivity index (χ2n) is 2.67. The van der Waals surface area contributed by atoms with E-state index in [1.54, 1.807) is 18.2 Å². The van der Waals surface area contributed by atoms with Crippen LogP contribution in [0.5, 0.6) is 5.75 Å². The predicted molar refractivity (Wildman–Crippen MR) is 58.0 cm³/mol. The van der Waals surface area contributed by atoms with Crippen molar-refractivity contribution in [1.29, 1.82) is 0 Å². The second kappa shape index (κ2) is 4.72. The number of aromatic hydroxyl groups is 1. The summed E-state index contributed by atoms with van der Waals surface area (Å²) in [4.78, 5) is 10.6. The van der Waals surface area contributed by atoms with Crippen molar-refractivity contribution in [1.82, 2.24) is 0 Å². The standard InChI is InChI=1S/C10H10O3S/c11-9-6-7(2-1-5-14)3-4-8(9)10(12)13/h1-4,6,11,14H,5H2,(H,12,13). The van der Waals surface area contributed by atoms with Gasteiger partial charge >= 0.3 is 5.97 Å². The molecule has 1 aromatic carbocycles. The molecule has 0 heterocycles. The van der Waals surface area contributed by atoms with Gasteiger partial charge in [-0.15, -0.1) is 0 Å². The van der Waals surface area contributed by atoms with Crippen molar-refractivity contribution >= 4 is 24.7 Å². The summed E-state index contributed by atoms with van der Waals surface area (Å²) in [5.41, 5.74) is 0.662. The number of thiol groups is 1. The Morgan fingerprint density at radius 2 is 2.21 bits per heavy atom. The highest BCUT2D eigenvalue weighted by molar-refractivity contribution is 7.80. The molecule has 0 radical (unpaired) electrons. The third-order valence-electron chi connectivity index (χ3n) is 1.67. The lowest BCUT2D eigenvalue weighted by molar-refractivity contribution is 0.0694. The molecule has 0 aromatic heterocycles. The summed E-state index contributed by atoms with van der Waals surface area (Å²) in [7, 11) is 0. The average Bonchev–Trinajstić information content (AvgIpc) is 2.14. The summed E-state index contributed by atoms with van der Waals surface area (Å²) in [5.74, 6) is -0.757. The summed E-state index contributed by atoms with van der Waals surface area (Å²) in [6, 6.07) is 4.41. The number of aromatic carboxylic acids is 1. The van der Waals surface area contributed by atoms with E-state index >= 15 is 0 Å². The maximum absolute atomic E-state index is 10.6. The molecule has 0 bridgehead atoms. The molecule has 0 saturated heterocycles. The van der Waals surface area contributed by atoms with Gasteiger partial charge in [0, 0.05) is 5.75 Å². The normalized spacial score (nSPS) is 10.6. The summed E-state index contributed by atoms with van der Waals surface area (Å²) < 4.78 is 0. The van der Waals surface area contributed by atoms with Gasteiger partial charge in [0.25, 0.3) is 0 Å². The predicted octanol–water partition coefficient (Wildman–Crippen LogP) is 2.03. The van der Waals surface area contributed by atoms with Gasteiger partial charge in [-0.2, -0.15) is 12.6 Å². The minimum atomic E-state index is -1.13. The minimum Gasteiger partial charge on any atom is -0.507 e. The summed E-state index contributed by atoms with van der Waals surface area (Å²) in [6.45, 7) is 0. The third-order valence-corrected chi connectivity index (χ3v) is 1.88. The SMILES string of the molecule is O=C(O)c1ccc(C=CCS)cc1O. The van der Waals surface area contributed by atoms with Crippen LogP contribution in [0.15, 0.2) is 24.3 Å². The van der Waals surface area contributed by atoms with Crippen LogP contribution in [0.2, 0.25) is 0 Å². The van der Waals surface area contributed by atoms with E-state index in [2.05, 4.69) is 12.6 Å². The van der Waals surface area contributed by atoms with E-state index in [9.17, 15) is 9.90 Å². The monoisotopic (exact) mass is 210 g/mol. The van der Waals surface area contributed by atoms with Crippen LogP contribution in [0.25, 0.3) is 6.08 Å². The smallest absolute Gasteiger partial charge is 0.339 e. The second-order valence-corrected chi connectivity index (χ2v) is 3.03. The Bertz CT molecular complexity index is 372. The van der Waals surface area contributed by atoms with Crippen LogP contribution in [0.3, 0.4) is 0 Å². The first kappa shape index (κ1) is 10.7. The molecule has 0 atom stereocenters. The summed E-state index contributed by atoms with van der Waals surface area (Å²) in [5, 5.41) is 18.0. The maximum Gasteiger partial charge on any atom is 0.339 e. The van der Waals surface area contributed by atoms with E-state index in [0.717, 1.165) is 5.56 Å². The van der Waals surface area contributed by atoms with Crippen molar-refractivity contribution in [2.75, 3.05) is 5.75 Å². The van der Waals surface area contributed by atoms with E-state index in [4.69, 9.17) is 5.11 Å². The van der Waals surface area contributed by atoms with E-state index in [1.165, 1.54) is 12.1 Å². The lowest BCUT2D eigenvalue weighted by Crippen LogP contribution is -1.96. The molecule has 4 heteroatoms. The van der Waals surface area contributed by atoms with Crippen molar-refractivity contribution in [3.63, 3.8) is 0 Å². The molecule has 2 N–H and O–H groups in total. The number of carbonyl (C=O) groups is 1. The Balaban J connectivity index is 3.00. The van der Waals surface area contributed by atoms with Crippen molar-refractivity contribution in [3.05, 3.63) is 35.4 Å². The zero-order chi connectivity index (χ0) is 10.6. The zero-order valence-electron chi connectivity index (χ0n) is 7.34. The molecule has 0 spiro atoms. The van der Waals surface area contributed by atoms with Crippen LogP contribution in [-0.2, 0) is 0 Å². The van der Waals surface area contributed by atoms with Crippen molar-refractivity contribution in [3.8, 4) is 5.75 Å². The molecule has 1 rings (SSSR count). The molecule has 0 fully saturated rings. The lowest BCUT2D eigenvalue weighted by Gasteiger charge is -2.00. The first-order chi connectivity index (χ1) is 6.65. The highest BCUT2D eigenvalue weighted by atomic mass is 32.1. The number of hydrogen-bond donors (Lipinski definition) is 3. The van der Waals surface area contributed by atoms with Crippen LogP contribution in [0, 0.1) is 0 Å². The van der Waals surface area contributed by atoms with Gasteiger partial charge in [0.1, 0.15) is 11.3 Å². The van der Waals surface area contributed by atoms with Gasteiger partial charge in [0.05, 0.1) is 0 Å². The average molecular weight is 210 g/mol. The molecular formula is C10H10O3S. The maximum atomic E-state index is 10.6. The van der Waals surface area contributed by atoms with Crippen LogP contribution in [-0.4, -0.2) is 21.9 Å². The highest BCUT2D eigenvalue weighted by Crippen LogP contribution is 2.19. The molecule has 0 saturated carbocycles. The van der Waals surface area contributed by atoms with Gasteiger partial charge in [0.15, 0.2) is 0 Å². The van der Waals surface area contributed by atoms with E-state index in [1.807, 2.05) is 0 Å². The number of hydrogen-bond acceptors (Lipinski definition) is 3. The van der Waals surface area contributed by atoms with Crippen molar-refractivity contribution < 1.29 is 15.0 Å². The van der Waals surface area contributed by atoms with Crippen molar-refractivity contribution in [2.45, 2.75) is 0 Å². The number of rotatable bonds is 3. The van der Waals surface area contributed by atoms with Gasteiger partial charge in [-0.05, 0) is 17.7 Å². The van der Waals surface area contributed by atoms with Crippen LogP contribution < -0.4 is 0 Å². The fourth-order valence-electron chi connectivity index (χ4n) is 1.02. The first-order valence-electron chi connectivity index (χ1n) is 3.99. The Hall–Kier alpha value is -1.42. The number of benzene rings is 1. The largest absolute Gasteiger partial charge is 0.507 e. The Kier molecular flexibility index (Phi) is 3.59. The topological polar surface area (TPSA) is 57.5 Å². The summed E-state index contributed by atoms with van der Waals surface area (Å²) in [6.07, 6.45) is 3.57. The van der Waals surface area contributed by atoms with Crippen molar-refractivity contribution in [2.24, 2.45) is 0 Å². The highest BCUT2D eigenvalue weighted by Gasteiger charge is 2.08. The zero-order valence-corrected chi connectivity index (χ0v) is 8.24. The Labute approximate surface area is 87.1 Å². The van der Waals surface area contributed by atoms with E-state index < -0.39 is 5.97 Å². The van der Waals surface area contributed by atoms with Crippen LogP contribution in [0.1, 0.15) is 15.9 Å².